The van der Waals surface area contributed by atoms with Gasteiger partial charge in [-0.05, 0) is 5.53 Å². The predicted octanol–water partition coefficient (Wildman–Crippen LogP) is -0.0836. The number of ether oxygens (including phenoxy) is 10. The zero-order chi connectivity index (χ0) is 34.7. The Kier molecular flexibility index (Phi) is 14.1. The van der Waals surface area contributed by atoms with E-state index in [4.69, 9.17) is 52.9 Å². The van der Waals surface area contributed by atoms with Crippen LogP contribution in [-0.4, -0.2) is 116 Å². The van der Waals surface area contributed by atoms with E-state index in [9.17, 15) is 33.6 Å². The van der Waals surface area contributed by atoms with Gasteiger partial charge < -0.3 is 47.4 Å². The third kappa shape index (κ3) is 11.1. The predicted molar refractivity (Wildman–Crippen MR) is 142 cm³/mol. The van der Waals surface area contributed by atoms with E-state index in [-0.39, 0.29) is 0 Å². The van der Waals surface area contributed by atoms with Gasteiger partial charge in [-0.25, -0.2) is 0 Å². The Morgan fingerprint density at radius 2 is 0.935 bits per heavy atom. The molecular formula is C26H35N3O17. The number of rotatable bonds is 12. The maximum absolute atomic E-state index is 12.2. The first-order valence-corrected chi connectivity index (χ1v) is 13.7. The second-order valence-corrected chi connectivity index (χ2v) is 9.89. The summed E-state index contributed by atoms with van der Waals surface area (Å²) >= 11 is 0. The molecule has 0 saturated carbocycles. The molecule has 0 N–H and O–H groups in total. The van der Waals surface area contributed by atoms with Gasteiger partial charge in [-0.1, -0.05) is 5.11 Å². The van der Waals surface area contributed by atoms with Gasteiger partial charge in [-0.2, -0.15) is 0 Å². The van der Waals surface area contributed by atoms with E-state index in [1.54, 1.807) is 0 Å². The lowest BCUT2D eigenvalue weighted by Gasteiger charge is -2.48. The van der Waals surface area contributed by atoms with Crippen molar-refractivity contribution < 1.29 is 80.9 Å². The number of carbonyl (C=O) groups excluding carboxylic acids is 7. The quantitative estimate of drug-likeness (QED) is 0.0870. The largest absolute Gasteiger partial charge is 0.463 e. The van der Waals surface area contributed by atoms with E-state index in [2.05, 4.69) is 10.0 Å². The maximum atomic E-state index is 12.2. The van der Waals surface area contributed by atoms with E-state index in [1.165, 1.54) is 0 Å². The van der Waals surface area contributed by atoms with E-state index in [1.807, 2.05) is 0 Å². The molecule has 0 aromatic carbocycles. The zero-order valence-electron chi connectivity index (χ0n) is 26.0. The van der Waals surface area contributed by atoms with Crippen LogP contribution in [0.5, 0.6) is 0 Å². The lowest BCUT2D eigenvalue weighted by Crippen LogP contribution is -2.67. The fraction of sp³-hybridized carbons (Fsp3) is 0.731. The molecule has 2 rings (SSSR count). The topological polar surface area (TPSA) is 261 Å². The van der Waals surface area contributed by atoms with Gasteiger partial charge in [0, 0.05) is 53.4 Å². The number of esters is 7. The molecule has 0 radical (unpaired) electrons. The molecule has 0 aromatic heterocycles. The second kappa shape index (κ2) is 17.2. The highest BCUT2D eigenvalue weighted by Gasteiger charge is 2.57. The first-order valence-electron chi connectivity index (χ1n) is 13.7. The summed E-state index contributed by atoms with van der Waals surface area (Å²) in [5.74, 6) is -6.10. The highest BCUT2D eigenvalue weighted by atomic mass is 16.8. The van der Waals surface area contributed by atoms with Gasteiger partial charge in [0.05, 0.1) is 0 Å². The van der Waals surface area contributed by atoms with Crippen LogP contribution < -0.4 is 0 Å². The van der Waals surface area contributed by atoms with E-state index in [0.29, 0.717) is 0 Å². The van der Waals surface area contributed by atoms with E-state index < -0.39 is 116 Å². The summed E-state index contributed by atoms with van der Waals surface area (Å²) in [7, 11) is 0. The number of azide groups is 1. The number of hydrogen-bond acceptors (Lipinski definition) is 18. The number of hydrogen-bond donors (Lipinski definition) is 0. The van der Waals surface area contributed by atoms with Gasteiger partial charge in [0.2, 0.25) is 0 Å². The molecule has 1 unspecified atom stereocenters. The van der Waals surface area contributed by atoms with E-state index in [0.717, 1.165) is 48.5 Å². The maximum Gasteiger partial charge on any atom is 0.303 e. The van der Waals surface area contributed by atoms with Crippen LogP contribution in [0.15, 0.2) is 5.11 Å². The molecule has 2 fully saturated rings. The van der Waals surface area contributed by atoms with Crippen LogP contribution in [0.25, 0.3) is 10.4 Å². The number of carbonyl (C=O) groups is 7. The molecule has 0 amide bonds. The third-order valence-corrected chi connectivity index (χ3v) is 6.07. The standard InChI is InChI=1S/C26H35N3O17/c1-10(30)37-8-17-20(21(40-13(4)33)23(42-15(6)35)25(44-17)28-29-27)46-26-24(43-16(7)36)22(41-14(5)34)19(39-12(3)32)18(45-26)9-38-11(2)31/h17-26H,8-9H2,1-7H3/t17-,18-,19-,20?,21+,22+,23-,24-,25-,26-/m1/s1. The van der Waals surface area contributed by atoms with Crippen LogP contribution in [-0.2, 0) is 80.9 Å². The van der Waals surface area contributed by atoms with Crippen molar-refractivity contribution in [3.63, 3.8) is 0 Å². The lowest BCUT2D eigenvalue weighted by atomic mass is 9.95. The average molecular weight is 662 g/mol. The lowest BCUT2D eigenvalue weighted by molar-refractivity contribution is -0.344. The van der Waals surface area contributed by atoms with Gasteiger partial charge in [0.15, 0.2) is 43.0 Å². The molecule has 0 aromatic rings. The molecule has 256 valence electrons. The van der Waals surface area contributed by atoms with Crippen LogP contribution in [0, 0.1) is 0 Å². The molecule has 0 bridgehead atoms. The minimum Gasteiger partial charge on any atom is -0.463 e. The van der Waals surface area contributed by atoms with Gasteiger partial charge in [0.25, 0.3) is 0 Å². The van der Waals surface area contributed by atoms with Crippen molar-refractivity contribution >= 4 is 41.8 Å². The fourth-order valence-electron chi connectivity index (χ4n) is 4.63. The first kappa shape index (κ1) is 37.7. The summed E-state index contributed by atoms with van der Waals surface area (Å²) in [5.41, 5.74) is 9.13. The monoisotopic (exact) mass is 661 g/mol. The van der Waals surface area contributed by atoms with Crippen LogP contribution in [0.2, 0.25) is 0 Å². The summed E-state index contributed by atoms with van der Waals surface area (Å²) in [4.78, 5) is 86.7. The highest BCUT2D eigenvalue weighted by molar-refractivity contribution is 5.69. The number of nitrogens with zero attached hydrogens (tertiary/aromatic N) is 3. The molecule has 2 aliphatic rings. The fourth-order valence-corrected chi connectivity index (χ4v) is 4.63. The molecular weight excluding hydrogens is 626 g/mol. The second-order valence-electron chi connectivity index (χ2n) is 9.89. The Hall–Kier alpha value is -4.52. The Morgan fingerprint density at radius 3 is 1.37 bits per heavy atom. The Bertz CT molecular complexity index is 1220. The molecule has 0 spiro atoms. The van der Waals surface area contributed by atoms with Crippen molar-refractivity contribution in [3.05, 3.63) is 10.4 Å². The molecule has 46 heavy (non-hydrogen) atoms. The Morgan fingerprint density at radius 1 is 0.543 bits per heavy atom. The summed E-state index contributed by atoms with van der Waals surface area (Å²) in [6, 6.07) is 0. The van der Waals surface area contributed by atoms with Crippen LogP contribution >= 0.6 is 0 Å². The molecule has 2 saturated heterocycles. The third-order valence-electron chi connectivity index (χ3n) is 6.07. The van der Waals surface area contributed by atoms with Crippen molar-refractivity contribution in [1.29, 1.82) is 0 Å². The van der Waals surface area contributed by atoms with Gasteiger partial charge in [0.1, 0.15) is 31.5 Å². The first-order chi connectivity index (χ1) is 21.5. The average Bonchev–Trinajstić information content (AvgIpc) is 2.91. The minimum absolute atomic E-state index is 0.585. The zero-order valence-corrected chi connectivity index (χ0v) is 26.0. The Labute approximate surface area is 261 Å². The molecule has 20 nitrogen and oxygen atoms in total. The van der Waals surface area contributed by atoms with Crippen LogP contribution in [0.1, 0.15) is 48.5 Å². The molecule has 2 heterocycles. The van der Waals surface area contributed by atoms with Gasteiger partial charge in [-0.15, -0.1) is 0 Å². The van der Waals surface area contributed by atoms with Crippen molar-refractivity contribution in [1.82, 2.24) is 0 Å². The normalized spacial score (nSPS) is 30.3. The summed E-state index contributed by atoms with van der Waals surface area (Å²) in [6.45, 7) is 6.05. The summed E-state index contributed by atoms with van der Waals surface area (Å²) in [6.07, 6.45) is -16.1. The molecule has 20 heteroatoms. The summed E-state index contributed by atoms with van der Waals surface area (Å²) < 4.78 is 54.8. The van der Waals surface area contributed by atoms with Gasteiger partial charge >= 0.3 is 41.8 Å². The van der Waals surface area contributed by atoms with Crippen molar-refractivity contribution in [2.45, 2.75) is 110 Å². The smallest absolute Gasteiger partial charge is 0.303 e. The van der Waals surface area contributed by atoms with Gasteiger partial charge in [-0.3, -0.25) is 33.6 Å². The van der Waals surface area contributed by atoms with Crippen molar-refractivity contribution in [2.24, 2.45) is 5.11 Å². The highest BCUT2D eigenvalue weighted by Crippen LogP contribution is 2.35. The summed E-state index contributed by atoms with van der Waals surface area (Å²) in [5, 5.41) is 3.46. The van der Waals surface area contributed by atoms with Crippen LogP contribution in [0.4, 0.5) is 0 Å². The van der Waals surface area contributed by atoms with E-state index >= 15 is 0 Å². The Balaban J connectivity index is 2.73. The van der Waals surface area contributed by atoms with Crippen LogP contribution in [0.3, 0.4) is 0 Å². The minimum atomic E-state index is -1.82. The molecule has 2 aliphatic heterocycles. The molecule has 0 aliphatic carbocycles. The SMILES string of the molecule is CC(=O)OC[C@H]1O[C@@H](N=[N+]=[N-])[C@H](OC(C)=O)[C@@H](OC(C)=O)C1O[C@H]1O[C@H](COC(C)=O)[C@@H](OC(C)=O)[C@H](OC(C)=O)[C@H]1OC(C)=O. The van der Waals surface area contributed by atoms with Crippen molar-refractivity contribution in [2.75, 3.05) is 13.2 Å². The van der Waals surface area contributed by atoms with Crippen molar-refractivity contribution in [3.8, 4) is 0 Å². The molecule has 10 atom stereocenters.